The Bertz CT molecular complexity index is 373. The van der Waals surface area contributed by atoms with E-state index in [0.717, 1.165) is 51.1 Å². The Labute approximate surface area is 136 Å². The van der Waals surface area contributed by atoms with Gasteiger partial charge in [-0.1, -0.05) is 11.6 Å². The van der Waals surface area contributed by atoms with Gasteiger partial charge in [0.15, 0.2) is 5.96 Å². The summed E-state index contributed by atoms with van der Waals surface area (Å²) in [6, 6.07) is 0. The Morgan fingerprint density at radius 1 is 1.41 bits per heavy atom. The molecule has 0 unspecified atom stereocenters. The fraction of sp³-hybridized carbons (Fsp3) is 0.833. The van der Waals surface area contributed by atoms with Gasteiger partial charge in [0.1, 0.15) is 0 Å². The molecule has 1 heterocycles. The first-order chi connectivity index (χ1) is 10.8. The van der Waals surface area contributed by atoms with Gasteiger partial charge in [0.25, 0.3) is 0 Å². The lowest BCUT2D eigenvalue weighted by Crippen LogP contribution is -2.40. The zero-order valence-corrected chi connectivity index (χ0v) is 14.4. The van der Waals surface area contributed by atoms with Crippen molar-refractivity contribution in [3.05, 3.63) is 11.6 Å². The summed E-state index contributed by atoms with van der Waals surface area (Å²) in [6.07, 6.45) is 11.1. The molecule has 0 spiro atoms. The van der Waals surface area contributed by atoms with Crippen LogP contribution in [0, 0.1) is 5.92 Å². The van der Waals surface area contributed by atoms with Crippen LogP contribution in [-0.2, 0) is 4.74 Å². The second-order valence-electron chi connectivity index (χ2n) is 6.51. The second kappa shape index (κ2) is 9.88. The predicted octanol–water partition coefficient (Wildman–Crippen LogP) is 3.20. The van der Waals surface area contributed by atoms with E-state index in [4.69, 9.17) is 9.73 Å². The molecule has 0 amide bonds. The SMILES string of the molecule is CCNC(=NCCC1=CCCC1)N(C)CCC1CCOCC1. The van der Waals surface area contributed by atoms with Crippen molar-refractivity contribution in [2.24, 2.45) is 10.9 Å². The van der Waals surface area contributed by atoms with E-state index in [-0.39, 0.29) is 0 Å². The molecule has 1 aliphatic heterocycles. The van der Waals surface area contributed by atoms with Gasteiger partial charge in [-0.25, -0.2) is 0 Å². The quantitative estimate of drug-likeness (QED) is 0.446. The Hall–Kier alpha value is -1.03. The fourth-order valence-electron chi connectivity index (χ4n) is 3.26. The van der Waals surface area contributed by atoms with Crippen LogP contribution in [0.2, 0.25) is 0 Å². The molecule has 2 aliphatic rings. The van der Waals surface area contributed by atoms with Crippen molar-refractivity contribution in [2.45, 2.75) is 51.9 Å². The van der Waals surface area contributed by atoms with Crippen LogP contribution in [0.3, 0.4) is 0 Å². The van der Waals surface area contributed by atoms with Gasteiger partial charge in [-0.3, -0.25) is 4.99 Å². The van der Waals surface area contributed by atoms with Crippen molar-refractivity contribution in [3.8, 4) is 0 Å². The Kier molecular flexibility index (Phi) is 7.78. The highest BCUT2D eigenvalue weighted by molar-refractivity contribution is 5.79. The molecule has 0 saturated carbocycles. The molecule has 0 atom stereocenters. The molecule has 2 rings (SSSR count). The number of guanidine groups is 1. The van der Waals surface area contributed by atoms with E-state index < -0.39 is 0 Å². The van der Waals surface area contributed by atoms with Crippen molar-refractivity contribution in [1.82, 2.24) is 10.2 Å². The molecule has 22 heavy (non-hydrogen) atoms. The topological polar surface area (TPSA) is 36.9 Å². The van der Waals surface area contributed by atoms with E-state index in [2.05, 4.69) is 30.3 Å². The van der Waals surface area contributed by atoms with Gasteiger partial charge in [0, 0.05) is 39.9 Å². The van der Waals surface area contributed by atoms with Crippen LogP contribution < -0.4 is 5.32 Å². The summed E-state index contributed by atoms with van der Waals surface area (Å²) in [5.74, 6) is 1.89. The first-order valence-electron chi connectivity index (χ1n) is 9.04. The molecule has 1 fully saturated rings. The highest BCUT2D eigenvalue weighted by Gasteiger charge is 2.15. The largest absolute Gasteiger partial charge is 0.381 e. The highest BCUT2D eigenvalue weighted by Crippen LogP contribution is 2.20. The summed E-state index contributed by atoms with van der Waals surface area (Å²) in [6.45, 7) is 6.95. The van der Waals surface area contributed by atoms with Crippen LogP contribution in [0.1, 0.15) is 51.9 Å². The number of hydrogen-bond donors (Lipinski definition) is 1. The molecular formula is C18H33N3O. The number of nitrogens with zero attached hydrogens (tertiary/aromatic N) is 2. The fourth-order valence-corrected chi connectivity index (χ4v) is 3.26. The van der Waals surface area contributed by atoms with Crippen molar-refractivity contribution in [3.63, 3.8) is 0 Å². The van der Waals surface area contributed by atoms with Gasteiger partial charge < -0.3 is 15.0 Å². The maximum absolute atomic E-state index is 5.44. The van der Waals surface area contributed by atoms with Gasteiger partial charge >= 0.3 is 0 Å². The van der Waals surface area contributed by atoms with E-state index in [0.29, 0.717) is 0 Å². The van der Waals surface area contributed by atoms with E-state index >= 15 is 0 Å². The lowest BCUT2D eigenvalue weighted by atomic mass is 9.96. The van der Waals surface area contributed by atoms with Crippen LogP contribution >= 0.6 is 0 Å². The number of rotatable bonds is 7. The summed E-state index contributed by atoms with van der Waals surface area (Å²) in [4.78, 5) is 7.10. The molecule has 0 bridgehead atoms. The Morgan fingerprint density at radius 2 is 2.23 bits per heavy atom. The second-order valence-corrected chi connectivity index (χ2v) is 6.51. The average molecular weight is 307 g/mol. The lowest BCUT2D eigenvalue weighted by Gasteiger charge is -2.26. The molecule has 4 nitrogen and oxygen atoms in total. The molecule has 126 valence electrons. The van der Waals surface area contributed by atoms with Gasteiger partial charge in [0.2, 0.25) is 0 Å². The van der Waals surface area contributed by atoms with Crippen LogP contribution in [0.15, 0.2) is 16.6 Å². The smallest absolute Gasteiger partial charge is 0.193 e. The van der Waals surface area contributed by atoms with Crippen LogP contribution in [0.5, 0.6) is 0 Å². The van der Waals surface area contributed by atoms with Crippen LogP contribution in [-0.4, -0.2) is 50.8 Å². The Balaban J connectivity index is 1.74. The number of allylic oxidation sites excluding steroid dienone is 1. The summed E-state index contributed by atoms with van der Waals surface area (Å²) >= 11 is 0. The molecule has 1 aliphatic carbocycles. The third-order valence-electron chi connectivity index (χ3n) is 4.74. The monoisotopic (exact) mass is 307 g/mol. The minimum atomic E-state index is 0.822. The predicted molar refractivity (Wildman–Crippen MR) is 93.3 cm³/mol. The highest BCUT2D eigenvalue weighted by atomic mass is 16.5. The first-order valence-corrected chi connectivity index (χ1v) is 9.04. The van der Waals surface area contributed by atoms with E-state index in [1.807, 2.05) is 0 Å². The molecular weight excluding hydrogens is 274 g/mol. The average Bonchev–Trinajstić information content (AvgIpc) is 3.06. The van der Waals surface area contributed by atoms with Gasteiger partial charge in [0.05, 0.1) is 0 Å². The number of hydrogen-bond acceptors (Lipinski definition) is 2. The minimum absolute atomic E-state index is 0.822. The minimum Gasteiger partial charge on any atom is -0.381 e. The van der Waals surface area contributed by atoms with Gasteiger partial charge in [-0.15, -0.1) is 0 Å². The number of ether oxygens (including phenoxy) is 1. The standard InChI is InChI=1S/C18H33N3O/c1-3-19-18(20-12-8-16-6-4-5-7-16)21(2)13-9-17-10-14-22-15-11-17/h6,17H,3-5,7-15H2,1-2H3,(H,19,20). The third-order valence-corrected chi connectivity index (χ3v) is 4.74. The van der Waals surface area contributed by atoms with E-state index in [1.54, 1.807) is 5.57 Å². The van der Waals surface area contributed by atoms with Gasteiger partial charge in [-0.05, 0) is 57.8 Å². The summed E-state index contributed by atoms with van der Waals surface area (Å²) in [5.41, 5.74) is 1.60. The summed E-state index contributed by atoms with van der Waals surface area (Å²) < 4.78 is 5.44. The van der Waals surface area contributed by atoms with Crippen LogP contribution in [0.25, 0.3) is 0 Å². The third kappa shape index (κ3) is 5.99. The molecule has 1 saturated heterocycles. The maximum Gasteiger partial charge on any atom is 0.193 e. The van der Waals surface area contributed by atoms with Crippen molar-refractivity contribution < 1.29 is 4.74 Å². The zero-order valence-electron chi connectivity index (χ0n) is 14.4. The summed E-state index contributed by atoms with van der Waals surface area (Å²) in [7, 11) is 2.16. The zero-order chi connectivity index (χ0) is 15.6. The maximum atomic E-state index is 5.44. The van der Waals surface area contributed by atoms with Crippen molar-refractivity contribution in [2.75, 3.05) is 39.9 Å². The first kappa shape index (κ1) is 17.3. The molecule has 0 radical (unpaired) electrons. The van der Waals surface area contributed by atoms with Crippen molar-refractivity contribution >= 4 is 5.96 Å². The molecule has 0 aromatic rings. The van der Waals surface area contributed by atoms with Crippen LogP contribution in [0.4, 0.5) is 0 Å². The summed E-state index contributed by atoms with van der Waals surface area (Å²) in [5, 5.41) is 3.43. The van der Waals surface area contributed by atoms with Crippen molar-refractivity contribution in [1.29, 1.82) is 0 Å². The molecule has 0 aromatic carbocycles. The molecule has 0 aromatic heterocycles. The number of nitrogens with one attached hydrogen (secondary N) is 1. The van der Waals surface area contributed by atoms with Gasteiger partial charge in [-0.2, -0.15) is 0 Å². The normalized spacial score (nSPS) is 20.1. The number of aliphatic imine (C=N–C) groups is 1. The van der Waals surface area contributed by atoms with E-state index in [9.17, 15) is 0 Å². The van der Waals surface area contributed by atoms with E-state index in [1.165, 1.54) is 38.5 Å². The molecule has 1 N–H and O–H groups in total. The lowest BCUT2D eigenvalue weighted by molar-refractivity contribution is 0.0625. The Morgan fingerprint density at radius 3 is 2.91 bits per heavy atom. The molecule has 4 heteroatoms.